The summed E-state index contributed by atoms with van der Waals surface area (Å²) in [6.07, 6.45) is 0. The lowest BCUT2D eigenvalue weighted by atomic mass is 10.2. The number of benzene rings is 1. The topological polar surface area (TPSA) is 38.7 Å². The second-order valence-electron chi connectivity index (χ2n) is 2.12. The minimum absolute atomic E-state index is 0.192. The van der Waals surface area contributed by atoms with Crippen LogP contribution in [0.3, 0.4) is 0 Å². The first-order valence-electron chi connectivity index (χ1n) is 3.26. The van der Waals surface area contributed by atoms with Crippen LogP contribution >= 0.6 is 0 Å². The highest BCUT2D eigenvalue weighted by molar-refractivity contribution is 5.27. The van der Waals surface area contributed by atoms with E-state index >= 15 is 0 Å². The van der Waals surface area contributed by atoms with Crippen molar-refractivity contribution in [3.05, 3.63) is 29.8 Å². The molecular weight excluding hydrogens is 144 g/mol. The molecule has 0 heterocycles. The van der Waals surface area contributed by atoms with E-state index in [0.717, 1.165) is 11.3 Å². The van der Waals surface area contributed by atoms with E-state index in [9.17, 15) is 0 Å². The Morgan fingerprint density at radius 1 is 1.45 bits per heavy atom. The van der Waals surface area contributed by atoms with Gasteiger partial charge in [-0.05, 0) is 17.7 Å². The molecule has 60 valence electrons. The van der Waals surface area contributed by atoms with Gasteiger partial charge in [0.2, 0.25) is 0 Å². The zero-order valence-corrected chi connectivity index (χ0v) is 6.28. The highest BCUT2D eigenvalue weighted by atomic mass is 17.1. The Morgan fingerprint density at radius 3 is 2.91 bits per heavy atom. The van der Waals surface area contributed by atoms with Crippen LogP contribution in [-0.4, -0.2) is 12.4 Å². The van der Waals surface area contributed by atoms with Crippen LogP contribution in [0.4, 0.5) is 0 Å². The number of rotatable bonds is 3. The summed E-state index contributed by atoms with van der Waals surface area (Å²) in [6.45, 7) is 0.192. The van der Waals surface area contributed by atoms with Gasteiger partial charge in [-0.15, -0.1) is 0 Å². The van der Waals surface area contributed by atoms with E-state index in [1.165, 1.54) is 0 Å². The summed E-state index contributed by atoms with van der Waals surface area (Å²) in [6, 6.07) is 7.32. The van der Waals surface area contributed by atoms with Crippen LogP contribution in [0.5, 0.6) is 5.75 Å². The predicted octanol–water partition coefficient (Wildman–Crippen LogP) is 1.68. The van der Waals surface area contributed by atoms with Gasteiger partial charge in [0.1, 0.15) is 12.4 Å². The fourth-order valence-corrected chi connectivity index (χ4v) is 0.837. The lowest BCUT2D eigenvalue weighted by molar-refractivity contribution is -0.253. The van der Waals surface area contributed by atoms with Gasteiger partial charge in [0.25, 0.3) is 0 Å². The zero-order valence-electron chi connectivity index (χ0n) is 6.28. The summed E-state index contributed by atoms with van der Waals surface area (Å²) in [4.78, 5) is 3.97. The van der Waals surface area contributed by atoms with E-state index in [-0.39, 0.29) is 6.61 Å². The molecule has 0 saturated carbocycles. The number of hydrogen-bond donors (Lipinski definition) is 1. The quantitative estimate of drug-likeness (QED) is 0.531. The molecule has 11 heavy (non-hydrogen) atoms. The third kappa shape index (κ3) is 2.22. The fourth-order valence-electron chi connectivity index (χ4n) is 0.837. The summed E-state index contributed by atoms with van der Waals surface area (Å²) in [5, 5.41) is 8.14. The van der Waals surface area contributed by atoms with Crippen molar-refractivity contribution < 1.29 is 14.9 Å². The molecule has 0 spiro atoms. The number of methoxy groups -OCH3 is 1. The van der Waals surface area contributed by atoms with Gasteiger partial charge in [-0.2, -0.15) is 0 Å². The molecule has 0 aliphatic heterocycles. The van der Waals surface area contributed by atoms with Crippen molar-refractivity contribution in [2.24, 2.45) is 0 Å². The lowest BCUT2D eigenvalue weighted by Gasteiger charge is -2.01. The lowest BCUT2D eigenvalue weighted by Crippen LogP contribution is -1.89. The largest absolute Gasteiger partial charge is 0.497 e. The van der Waals surface area contributed by atoms with Gasteiger partial charge in [-0.25, -0.2) is 4.89 Å². The molecule has 0 bridgehead atoms. The van der Waals surface area contributed by atoms with Crippen molar-refractivity contribution in [3.63, 3.8) is 0 Å². The van der Waals surface area contributed by atoms with Crippen LogP contribution in [0.25, 0.3) is 0 Å². The highest BCUT2D eigenvalue weighted by Gasteiger charge is 1.93. The van der Waals surface area contributed by atoms with E-state index in [4.69, 9.17) is 9.99 Å². The van der Waals surface area contributed by atoms with Crippen molar-refractivity contribution in [2.75, 3.05) is 7.11 Å². The fraction of sp³-hybridized carbons (Fsp3) is 0.250. The molecule has 0 aliphatic carbocycles. The summed E-state index contributed by atoms with van der Waals surface area (Å²) in [5.41, 5.74) is 0.881. The van der Waals surface area contributed by atoms with Crippen molar-refractivity contribution in [2.45, 2.75) is 6.61 Å². The number of hydrogen-bond acceptors (Lipinski definition) is 3. The third-order valence-electron chi connectivity index (χ3n) is 1.37. The molecule has 1 rings (SSSR count). The maximum Gasteiger partial charge on any atom is 0.119 e. The van der Waals surface area contributed by atoms with Gasteiger partial charge in [0.15, 0.2) is 0 Å². The Balaban J connectivity index is 2.74. The Labute approximate surface area is 65.1 Å². The molecule has 0 fully saturated rings. The average Bonchev–Trinajstić information content (AvgIpc) is 2.06. The summed E-state index contributed by atoms with van der Waals surface area (Å²) < 4.78 is 4.96. The first-order valence-corrected chi connectivity index (χ1v) is 3.26. The van der Waals surface area contributed by atoms with Gasteiger partial charge in [0.05, 0.1) is 7.11 Å². The SMILES string of the molecule is COc1cccc(COO)c1. The van der Waals surface area contributed by atoms with Gasteiger partial charge < -0.3 is 4.74 Å². The Bertz CT molecular complexity index is 222. The van der Waals surface area contributed by atoms with Crippen LogP contribution in [0.2, 0.25) is 0 Å². The van der Waals surface area contributed by atoms with E-state index in [2.05, 4.69) is 4.89 Å². The smallest absolute Gasteiger partial charge is 0.119 e. The van der Waals surface area contributed by atoms with E-state index in [1.54, 1.807) is 13.2 Å². The maximum atomic E-state index is 8.14. The van der Waals surface area contributed by atoms with Crippen LogP contribution < -0.4 is 4.74 Å². The summed E-state index contributed by atoms with van der Waals surface area (Å²) in [5.74, 6) is 0.763. The van der Waals surface area contributed by atoms with Gasteiger partial charge >= 0.3 is 0 Å². The molecule has 1 aromatic rings. The van der Waals surface area contributed by atoms with Crippen LogP contribution in [0.1, 0.15) is 5.56 Å². The molecule has 0 aliphatic rings. The predicted molar refractivity (Wildman–Crippen MR) is 40.4 cm³/mol. The molecule has 1 aromatic carbocycles. The molecule has 3 heteroatoms. The van der Waals surface area contributed by atoms with E-state index in [0.29, 0.717) is 0 Å². The Morgan fingerprint density at radius 2 is 2.27 bits per heavy atom. The van der Waals surface area contributed by atoms with Crippen molar-refractivity contribution >= 4 is 0 Å². The summed E-state index contributed by atoms with van der Waals surface area (Å²) in [7, 11) is 1.60. The maximum absolute atomic E-state index is 8.14. The van der Waals surface area contributed by atoms with E-state index < -0.39 is 0 Å². The minimum atomic E-state index is 0.192. The molecule has 3 nitrogen and oxygen atoms in total. The van der Waals surface area contributed by atoms with Crippen LogP contribution in [0, 0.1) is 0 Å². The van der Waals surface area contributed by atoms with Gasteiger partial charge in [-0.3, -0.25) is 5.26 Å². The third-order valence-corrected chi connectivity index (χ3v) is 1.37. The van der Waals surface area contributed by atoms with Crippen molar-refractivity contribution in [1.29, 1.82) is 0 Å². The molecule has 0 saturated heterocycles. The van der Waals surface area contributed by atoms with E-state index in [1.807, 2.05) is 18.2 Å². The molecule has 0 unspecified atom stereocenters. The Hall–Kier alpha value is -1.06. The highest BCUT2D eigenvalue weighted by Crippen LogP contribution is 2.12. The van der Waals surface area contributed by atoms with Crippen molar-refractivity contribution in [1.82, 2.24) is 0 Å². The molecule has 0 radical (unpaired) electrons. The van der Waals surface area contributed by atoms with Crippen LogP contribution in [0.15, 0.2) is 24.3 Å². The zero-order chi connectivity index (χ0) is 8.10. The first-order chi connectivity index (χ1) is 5.36. The normalized spacial score (nSPS) is 9.64. The molecule has 0 atom stereocenters. The molecule has 1 N–H and O–H groups in total. The van der Waals surface area contributed by atoms with Gasteiger partial charge in [-0.1, -0.05) is 12.1 Å². The van der Waals surface area contributed by atoms with Gasteiger partial charge in [0, 0.05) is 0 Å². The summed E-state index contributed by atoms with van der Waals surface area (Å²) >= 11 is 0. The second kappa shape index (κ2) is 3.95. The standard InChI is InChI=1S/C8H10O3/c1-10-8-4-2-3-7(5-8)6-11-9/h2-5,9H,6H2,1H3. The van der Waals surface area contributed by atoms with Crippen molar-refractivity contribution in [3.8, 4) is 5.75 Å². The van der Waals surface area contributed by atoms with Crippen LogP contribution in [-0.2, 0) is 11.5 Å². The molecular formula is C8H10O3. The first kappa shape index (κ1) is 8.04. The molecule has 0 amide bonds. The number of ether oxygens (including phenoxy) is 1. The molecule has 0 aromatic heterocycles. The Kier molecular flexibility index (Phi) is 2.89. The monoisotopic (exact) mass is 154 g/mol. The second-order valence-corrected chi connectivity index (χ2v) is 2.12. The minimum Gasteiger partial charge on any atom is -0.497 e. The average molecular weight is 154 g/mol.